The molecule has 0 amide bonds. The van der Waals surface area contributed by atoms with Gasteiger partial charge in [0.25, 0.3) is 0 Å². The minimum atomic E-state index is 0.0484. The van der Waals surface area contributed by atoms with E-state index in [0.717, 1.165) is 23.0 Å². The third-order valence-corrected chi connectivity index (χ3v) is 4.03. The Labute approximate surface area is 143 Å². The highest BCUT2D eigenvalue weighted by atomic mass is 16.5. The molecule has 2 rings (SSSR count). The van der Waals surface area contributed by atoms with E-state index >= 15 is 0 Å². The Hall–Kier alpha value is -2.57. The number of ether oxygens (including phenoxy) is 1. The number of nitrogens with zero attached hydrogens (tertiary/aromatic N) is 4. The molecule has 1 heterocycles. The van der Waals surface area contributed by atoms with Crippen molar-refractivity contribution in [2.75, 3.05) is 14.2 Å². The van der Waals surface area contributed by atoms with E-state index in [1.54, 1.807) is 14.2 Å². The summed E-state index contributed by atoms with van der Waals surface area (Å²) >= 11 is 0. The molecule has 0 radical (unpaired) electrons. The van der Waals surface area contributed by atoms with Gasteiger partial charge in [-0.25, -0.2) is 0 Å². The van der Waals surface area contributed by atoms with Gasteiger partial charge in [0.15, 0.2) is 11.8 Å². The number of benzene rings is 1. The lowest BCUT2D eigenvalue weighted by atomic mass is 10.0. The van der Waals surface area contributed by atoms with Gasteiger partial charge in [-0.1, -0.05) is 17.7 Å². The van der Waals surface area contributed by atoms with E-state index < -0.39 is 0 Å². The summed E-state index contributed by atoms with van der Waals surface area (Å²) in [6, 6.07) is 6.20. The molecule has 24 heavy (non-hydrogen) atoms. The van der Waals surface area contributed by atoms with Gasteiger partial charge in [-0.2, -0.15) is 0 Å². The summed E-state index contributed by atoms with van der Waals surface area (Å²) < 4.78 is 7.41. The molecule has 0 aliphatic heterocycles. The maximum absolute atomic E-state index is 5.46. The quantitative estimate of drug-likeness (QED) is 0.646. The van der Waals surface area contributed by atoms with Crippen molar-refractivity contribution in [1.29, 1.82) is 0 Å². The third-order valence-electron chi connectivity index (χ3n) is 4.03. The van der Waals surface area contributed by atoms with Crippen molar-refractivity contribution in [3.8, 4) is 5.75 Å². The van der Waals surface area contributed by atoms with Crippen molar-refractivity contribution in [1.82, 2.24) is 25.4 Å². The lowest BCUT2D eigenvalue weighted by Gasteiger charge is -2.20. The summed E-state index contributed by atoms with van der Waals surface area (Å²) in [6.07, 6.45) is 0. The van der Waals surface area contributed by atoms with Crippen LogP contribution in [0.15, 0.2) is 23.2 Å². The molecular weight excluding hydrogens is 304 g/mol. The first kappa shape index (κ1) is 17.8. The maximum Gasteiger partial charge on any atom is 0.191 e. The van der Waals surface area contributed by atoms with Crippen LogP contribution in [0.2, 0.25) is 0 Å². The molecule has 0 saturated carbocycles. The summed E-state index contributed by atoms with van der Waals surface area (Å²) in [7, 11) is 5.38. The van der Waals surface area contributed by atoms with Gasteiger partial charge in [0.05, 0.1) is 19.7 Å². The average Bonchev–Trinajstić information content (AvgIpc) is 2.90. The van der Waals surface area contributed by atoms with Crippen LogP contribution in [0.25, 0.3) is 0 Å². The lowest BCUT2D eigenvalue weighted by Crippen LogP contribution is -2.38. The van der Waals surface area contributed by atoms with Crippen LogP contribution >= 0.6 is 0 Å². The standard InChI is InChI=1S/C17H26N6O/c1-11-7-8-15(24-6)14(9-11)12(2)20-17(18-4)19-10-16-22-21-13(3)23(16)5/h7-9,12H,10H2,1-6H3,(H2,18,19,20). The number of hydrogen-bond donors (Lipinski definition) is 2. The molecule has 0 aliphatic carbocycles. The largest absolute Gasteiger partial charge is 0.496 e. The summed E-state index contributed by atoms with van der Waals surface area (Å²) in [4.78, 5) is 4.28. The number of rotatable bonds is 5. The molecule has 0 spiro atoms. The SMILES string of the molecule is CN=C(NCc1nnc(C)n1C)NC(C)c1cc(C)ccc1OC. The minimum Gasteiger partial charge on any atom is -0.496 e. The van der Waals surface area contributed by atoms with Crippen LogP contribution in [0.3, 0.4) is 0 Å². The molecule has 7 nitrogen and oxygen atoms in total. The predicted octanol–water partition coefficient (Wildman–Crippen LogP) is 1.87. The third kappa shape index (κ3) is 4.04. The monoisotopic (exact) mass is 330 g/mol. The second kappa shape index (κ2) is 7.81. The van der Waals surface area contributed by atoms with E-state index in [9.17, 15) is 0 Å². The van der Waals surface area contributed by atoms with E-state index in [1.807, 2.05) is 30.7 Å². The highest BCUT2D eigenvalue weighted by Crippen LogP contribution is 2.25. The molecule has 0 bridgehead atoms. The van der Waals surface area contributed by atoms with Crippen LogP contribution in [0, 0.1) is 13.8 Å². The Bertz CT molecular complexity index is 722. The average molecular weight is 330 g/mol. The number of aryl methyl sites for hydroxylation is 2. The molecule has 1 unspecified atom stereocenters. The highest BCUT2D eigenvalue weighted by molar-refractivity contribution is 5.80. The zero-order chi connectivity index (χ0) is 17.7. The molecule has 1 aromatic heterocycles. The summed E-state index contributed by atoms with van der Waals surface area (Å²) in [5, 5.41) is 14.9. The van der Waals surface area contributed by atoms with Gasteiger partial charge in [-0.15, -0.1) is 10.2 Å². The van der Waals surface area contributed by atoms with Gasteiger partial charge in [0.2, 0.25) is 0 Å². The Morgan fingerprint density at radius 3 is 2.67 bits per heavy atom. The fourth-order valence-corrected chi connectivity index (χ4v) is 2.44. The Kier molecular flexibility index (Phi) is 5.78. The minimum absolute atomic E-state index is 0.0484. The molecular formula is C17H26N6O. The van der Waals surface area contributed by atoms with E-state index in [4.69, 9.17) is 4.74 Å². The van der Waals surface area contributed by atoms with E-state index in [2.05, 4.69) is 45.7 Å². The van der Waals surface area contributed by atoms with E-state index in [1.165, 1.54) is 5.56 Å². The number of nitrogens with one attached hydrogen (secondary N) is 2. The fourth-order valence-electron chi connectivity index (χ4n) is 2.44. The number of hydrogen-bond acceptors (Lipinski definition) is 4. The molecule has 130 valence electrons. The lowest BCUT2D eigenvalue weighted by molar-refractivity contribution is 0.405. The van der Waals surface area contributed by atoms with E-state index in [-0.39, 0.29) is 6.04 Å². The van der Waals surface area contributed by atoms with Crippen molar-refractivity contribution in [2.45, 2.75) is 33.4 Å². The second-order valence-corrected chi connectivity index (χ2v) is 5.76. The molecule has 0 saturated heterocycles. The maximum atomic E-state index is 5.46. The predicted molar refractivity (Wildman–Crippen MR) is 95.2 cm³/mol. The summed E-state index contributed by atoms with van der Waals surface area (Å²) in [5.74, 6) is 3.30. The first-order valence-electron chi connectivity index (χ1n) is 7.92. The van der Waals surface area contributed by atoms with E-state index in [0.29, 0.717) is 12.5 Å². The van der Waals surface area contributed by atoms with Gasteiger partial charge in [-0.3, -0.25) is 4.99 Å². The summed E-state index contributed by atoms with van der Waals surface area (Å²) in [6.45, 7) is 6.63. The smallest absolute Gasteiger partial charge is 0.191 e. The Balaban J connectivity index is 2.05. The molecule has 1 aromatic carbocycles. The van der Waals surface area contributed by atoms with Gasteiger partial charge in [0, 0.05) is 19.7 Å². The van der Waals surface area contributed by atoms with Crippen molar-refractivity contribution in [3.63, 3.8) is 0 Å². The normalized spacial score (nSPS) is 12.8. The van der Waals surface area contributed by atoms with Gasteiger partial charge < -0.3 is 19.9 Å². The summed E-state index contributed by atoms with van der Waals surface area (Å²) in [5.41, 5.74) is 2.28. The highest BCUT2D eigenvalue weighted by Gasteiger charge is 2.14. The van der Waals surface area contributed by atoms with Crippen LogP contribution in [0.1, 0.15) is 35.7 Å². The van der Waals surface area contributed by atoms with Crippen LogP contribution in [-0.2, 0) is 13.6 Å². The number of aliphatic imine (C=N–C) groups is 1. The Morgan fingerprint density at radius 1 is 1.33 bits per heavy atom. The van der Waals surface area contributed by atoms with Gasteiger partial charge in [-0.05, 0) is 26.8 Å². The zero-order valence-electron chi connectivity index (χ0n) is 15.2. The number of guanidine groups is 1. The molecule has 7 heteroatoms. The van der Waals surface area contributed by atoms with Crippen LogP contribution < -0.4 is 15.4 Å². The number of aromatic nitrogens is 3. The van der Waals surface area contributed by atoms with Crippen molar-refractivity contribution in [2.24, 2.45) is 12.0 Å². The molecule has 0 aliphatic rings. The van der Waals surface area contributed by atoms with Crippen molar-refractivity contribution >= 4 is 5.96 Å². The first-order chi connectivity index (χ1) is 11.5. The second-order valence-electron chi connectivity index (χ2n) is 5.76. The van der Waals surface area contributed by atoms with Crippen LogP contribution in [0.4, 0.5) is 0 Å². The molecule has 2 N–H and O–H groups in total. The molecule has 1 atom stereocenters. The fraction of sp³-hybridized carbons (Fsp3) is 0.471. The van der Waals surface area contributed by atoms with Gasteiger partial charge in [0.1, 0.15) is 11.6 Å². The van der Waals surface area contributed by atoms with Crippen LogP contribution in [0.5, 0.6) is 5.75 Å². The topological polar surface area (TPSA) is 76.4 Å². The van der Waals surface area contributed by atoms with Crippen molar-refractivity contribution in [3.05, 3.63) is 41.0 Å². The van der Waals surface area contributed by atoms with Crippen LogP contribution in [-0.4, -0.2) is 34.9 Å². The van der Waals surface area contributed by atoms with Crippen molar-refractivity contribution < 1.29 is 4.74 Å². The van der Waals surface area contributed by atoms with Gasteiger partial charge >= 0.3 is 0 Å². The Morgan fingerprint density at radius 2 is 2.08 bits per heavy atom. The molecule has 0 fully saturated rings. The zero-order valence-corrected chi connectivity index (χ0v) is 15.2. The number of methoxy groups -OCH3 is 1. The first-order valence-corrected chi connectivity index (χ1v) is 7.92. The molecule has 2 aromatic rings.